The molecule has 2 unspecified atom stereocenters. The highest BCUT2D eigenvalue weighted by Gasteiger charge is 2.31. The van der Waals surface area contributed by atoms with Crippen LogP contribution < -0.4 is 10.6 Å². The molecule has 1 saturated heterocycles. The van der Waals surface area contributed by atoms with Crippen molar-refractivity contribution in [3.05, 3.63) is 0 Å². The summed E-state index contributed by atoms with van der Waals surface area (Å²) in [6.45, 7) is 10.9. The van der Waals surface area contributed by atoms with Crippen molar-refractivity contribution < 1.29 is 4.74 Å². The first-order valence-corrected chi connectivity index (χ1v) is 9.43. The van der Waals surface area contributed by atoms with E-state index in [0.717, 1.165) is 32.1 Å². The van der Waals surface area contributed by atoms with Gasteiger partial charge in [-0.25, -0.2) is 0 Å². The molecule has 2 aliphatic rings. The average molecular weight is 452 g/mol. The van der Waals surface area contributed by atoms with Gasteiger partial charge in [0.15, 0.2) is 5.96 Å². The molecule has 142 valence electrons. The van der Waals surface area contributed by atoms with Gasteiger partial charge >= 0.3 is 0 Å². The van der Waals surface area contributed by atoms with Gasteiger partial charge in [-0.2, -0.15) is 0 Å². The van der Waals surface area contributed by atoms with E-state index in [-0.39, 0.29) is 24.0 Å². The van der Waals surface area contributed by atoms with E-state index in [1.54, 1.807) is 0 Å². The second-order valence-electron chi connectivity index (χ2n) is 7.41. The molecular weight excluding hydrogens is 415 g/mol. The molecule has 2 N–H and O–H groups in total. The number of hydrogen-bond donors (Lipinski definition) is 2. The number of halogens is 1. The van der Waals surface area contributed by atoms with Crippen molar-refractivity contribution in [3.63, 3.8) is 0 Å². The molecule has 1 aliphatic heterocycles. The standard InChI is InChI=1S/C18H36N4O.HI/c1-14(2)22-12-15(3)17(13-22)21-18(19-4)20-10-7-11-23-16-8-5-6-9-16;/h14-17H,5-13H2,1-4H3,(H2,19,20,21);1H. The molecule has 2 atom stereocenters. The number of rotatable bonds is 7. The van der Waals surface area contributed by atoms with Crippen LogP contribution in [0.1, 0.15) is 52.9 Å². The molecule has 24 heavy (non-hydrogen) atoms. The zero-order valence-electron chi connectivity index (χ0n) is 15.9. The van der Waals surface area contributed by atoms with E-state index < -0.39 is 0 Å². The molecule has 2 fully saturated rings. The lowest BCUT2D eigenvalue weighted by Gasteiger charge is -2.22. The maximum absolute atomic E-state index is 5.90. The molecule has 1 saturated carbocycles. The van der Waals surface area contributed by atoms with Crippen molar-refractivity contribution in [2.45, 2.75) is 71.1 Å². The monoisotopic (exact) mass is 452 g/mol. The number of likely N-dealkylation sites (tertiary alicyclic amines) is 1. The first-order valence-electron chi connectivity index (χ1n) is 9.43. The summed E-state index contributed by atoms with van der Waals surface area (Å²) >= 11 is 0. The Hall–Kier alpha value is -0.0800. The quantitative estimate of drug-likeness (QED) is 0.270. The highest BCUT2D eigenvalue weighted by atomic mass is 127. The minimum absolute atomic E-state index is 0. The third kappa shape index (κ3) is 7.04. The summed E-state index contributed by atoms with van der Waals surface area (Å²) in [6.07, 6.45) is 6.74. The Bertz CT molecular complexity index is 372. The molecule has 0 aromatic heterocycles. The lowest BCUT2D eigenvalue weighted by atomic mass is 10.1. The van der Waals surface area contributed by atoms with E-state index >= 15 is 0 Å². The Labute approximate surface area is 165 Å². The van der Waals surface area contributed by atoms with Crippen LogP contribution >= 0.6 is 24.0 Å². The Morgan fingerprint density at radius 3 is 2.54 bits per heavy atom. The molecule has 2 rings (SSSR count). The van der Waals surface area contributed by atoms with E-state index in [1.807, 2.05) is 7.05 Å². The molecule has 5 nitrogen and oxygen atoms in total. The van der Waals surface area contributed by atoms with Crippen LogP contribution in [0.3, 0.4) is 0 Å². The van der Waals surface area contributed by atoms with Gasteiger partial charge in [0.1, 0.15) is 0 Å². The fourth-order valence-electron chi connectivity index (χ4n) is 3.57. The molecule has 0 spiro atoms. The third-order valence-electron chi connectivity index (χ3n) is 5.19. The Morgan fingerprint density at radius 1 is 1.25 bits per heavy atom. The summed E-state index contributed by atoms with van der Waals surface area (Å²) < 4.78 is 5.90. The molecule has 0 amide bonds. The lowest BCUT2D eigenvalue weighted by molar-refractivity contribution is 0.0574. The Morgan fingerprint density at radius 2 is 1.96 bits per heavy atom. The Balaban J connectivity index is 0.00000288. The van der Waals surface area contributed by atoms with Crippen LogP contribution in [0.25, 0.3) is 0 Å². The zero-order chi connectivity index (χ0) is 16.7. The van der Waals surface area contributed by atoms with Crippen LogP contribution in [0.4, 0.5) is 0 Å². The average Bonchev–Trinajstić information content (AvgIpc) is 3.16. The van der Waals surface area contributed by atoms with Crippen molar-refractivity contribution >= 4 is 29.9 Å². The summed E-state index contributed by atoms with van der Waals surface area (Å²) in [5.74, 6) is 1.58. The van der Waals surface area contributed by atoms with Gasteiger partial charge in [-0.05, 0) is 39.0 Å². The van der Waals surface area contributed by atoms with Crippen molar-refractivity contribution in [3.8, 4) is 0 Å². The smallest absolute Gasteiger partial charge is 0.191 e. The summed E-state index contributed by atoms with van der Waals surface area (Å²) in [5, 5.41) is 7.02. The molecule has 0 aromatic rings. The molecule has 6 heteroatoms. The van der Waals surface area contributed by atoms with Gasteiger partial charge in [-0.1, -0.05) is 19.8 Å². The van der Waals surface area contributed by atoms with Crippen LogP contribution in [-0.4, -0.2) is 62.3 Å². The normalized spacial score (nSPS) is 26.0. The van der Waals surface area contributed by atoms with Crippen LogP contribution in [0.5, 0.6) is 0 Å². The van der Waals surface area contributed by atoms with E-state index in [0.29, 0.717) is 24.1 Å². The van der Waals surface area contributed by atoms with Crippen LogP contribution in [0.15, 0.2) is 4.99 Å². The third-order valence-corrected chi connectivity index (χ3v) is 5.19. The van der Waals surface area contributed by atoms with Gasteiger partial charge in [-0.3, -0.25) is 9.89 Å². The highest BCUT2D eigenvalue weighted by molar-refractivity contribution is 14.0. The zero-order valence-corrected chi connectivity index (χ0v) is 18.2. The van der Waals surface area contributed by atoms with Crippen LogP contribution in [-0.2, 0) is 4.74 Å². The predicted molar refractivity (Wildman–Crippen MR) is 112 cm³/mol. The molecule has 0 bridgehead atoms. The largest absolute Gasteiger partial charge is 0.378 e. The molecule has 1 heterocycles. The van der Waals surface area contributed by atoms with Gasteiger partial charge in [0, 0.05) is 45.4 Å². The summed E-state index contributed by atoms with van der Waals surface area (Å²) in [4.78, 5) is 6.90. The number of aliphatic imine (C=N–C) groups is 1. The van der Waals surface area contributed by atoms with Crippen molar-refractivity contribution in [2.24, 2.45) is 10.9 Å². The van der Waals surface area contributed by atoms with Gasteiger partial charge in [0.2, 0.25) is 0 Å². The maximum Gasteiger partial charge on any atom is 0.191 e. The number of guanidine groups is 1. The van der Waals surface area contributed by atoms with Gasteiger partial charge in [0.25, 0.3) is 0 Å². The predicted octanol–water partition coefficient (Wildman–Crippen LogP) is 2.85. The van der Waals surface area contributed by atoms with Gasteiger partial charge < -0.3 is 15.4 Å². The SMILES string of the molecule is CN=C(NCCCOC1CCCC1)NC1CN(C(C)C)CC1C.I. The second-order valence-corrected chi connectivity index (χ2v) is 7.41. The fraction of sp³-hybridized carbons (Fsp3) is 0.944. The van der Waals surface area contributed by atoms with E-state index in [1.165, 1.54) is 32.2 Å². The minimum atomic E-state index is 0. The Kier molecular flexibility index (Phi) is 10.5. The summed E-state index contributed by atoms with van der Waals surface area (Å²) in [6, 6.07) is 1.10. The minimum Gasteiger partial charge on any atom is -0.378 e. The maximum atomic E-state index is 5.90. The van der Waals surface area contributed by atoms with Crippen molar-refractivity contribution in [2.75, 3.05) is 33.3 Å². The first-order chi connectivity index (χ1) is 11.1. The van der Waals surface area contributed by atoms with Crippen molar-refractivity contribution in [1.82, 2.24) is 15.5 Å². The van der Waals surface area contributed by atoms with Gasteiger partial charge in [-0.15, -0.1) is 24.0 Å². The number of nitrogens with zero attached hydrogens (tertiary/aromatic N) is 2. The lowest BCUT2D eigenvalue weighted by Crippen LogP contribution is -2.47. The number of ether oxygens (including phenoxy) is 1. The summed E-state index contributed by atoms with van der Waals surface area (Å²) in [5.41, 5.74) is 0. The molecule has 1 aliphatic carbocycles. The fourth-order valence-corrected chi connectivity index (χ4v) is 3.57. The van der Waals surface area contributed by atoms with Gasteiger partial charge in [0.05, 0.1) is 6.10 Å². The summed E-state index contributed by atoms with van der Waals surface area (Å²) in [7, 11) is 1.85. The number of nitrogens with one attached hydrogen (secondary N) is 2. The van der Waals surface area contributed by atoms with E-state index in [2.05, 4.69) is 41.3 Å². The van der Waals surface area contributed by atoms with Crippen molar-refractivity contribution in [1.29, 1.82) is 0 Å². The molecule has 0 radical (unpaired) electrons. The molecular formula is C18H37IN4O. The van der Waals surface area contributed by atoms with Crippen LogP contribution in [0, 0.1) is 5.92 Å². The van der Waals surface area contributed by atoms with E-state index in [9.17, 15) is 0 Å². The van der Waals surface area contributed by atoms with E-state index in [4.69, 9.17) is 4.74 Å². The van der Waals surface area contributed by atoms with Crippen LogP contribution in [0.2, 0.25) is 0 Å². The molecule has 0 aromatic carbocycles. The first kappa shape index (κ1) is 22.0. The number of hydrogen-bond acceptors (Lipinski definition) is 3. The second kappa shape index (κ2) is 11.5. The highest BCUT2D eigenvalue weighted by Crippen LogP contribution is 2.21. The topological polar surface area (TPSA) is 48.9 Å².